The van der Waals surface area contributed by atoms with E-state index < -0.39 is 0 Å². The van der Waals surface area contributed by atoms with Gasteiger partial charge in [-0.2, -0.15) is 5.10 Å². The molecule has 0 aliphatic heterocycles. The SMILES string of the molecule is Nn1c(SCc2cn(-c3ccccc3)nc2-c2ccccc2)nnc1-c1ccc(F)cc1. The van der Waals surface area contributed by atoms with Crippen LogP contribution in [0.2, 0.25) is 0 Å². The lowest BCUT2D eigenvalue weighted by Gasteiger charge is -2.04. The van der Waals surface area contributed by atoms with Gasteiger partial charge in [0, 0.05) is 28.6 Å². The summed E-state index contributed by atoms with van der Waals surface area (Å²) in [5, 5.41) is 13.8. The second kappa shape index (κ2) is 8.68. The molecule has 0 saturated carbocycles. The molecule has 158 valence electrons. The molecule has 0 amide bonds. The van der Waals surface area contributed by atoms with Crippen molar-refractivity contribution in [1.82, 2.24) is 24.7 Å². The number of benzene rings is 3. The van der Waals surface area contributed by atoms with Crippen LogP contribution in [0, 0.1) is 5.82 Å². The number of para-hydroxylation sites is 1. The number of halogens is 1. The van der Waals surface area contributed by atoms with Gasteiger partial charge in [-0.05, 0) is 36.4 Å². The van der Waals surface area contributed by atoms with Crippen LogP contribution in [-0.4, -0.2) is 24.7 Å². The van der Waals surface area contributed by atoms with E-state index in [4.69, 9.17) is 10.9 Å². The van der Waals surface area contributed by atoms with E-state index in [0.717, 1.165) is 22.5 Å². The lowest BCUT2D eigenvalue weighted by atomic mass is 10.1. The van der Waals surface area contributed by atoms with Gasteiger partial charge in [-0.1, -0.05) is 60.3 Å². The van der Waals surface area contributed by atoms with Crippen LogP contribution in [0.3, 0.4) is 0 Å². The molecule has 0 radical (unpaired) electrons. The Labute approximate surface area is 188 Å². The van der Waals surface area contributed by atoms with Crippen LogP contribution < -0.4 is 5.84 Å². The molecule has 0 aliphatic rings. The molecular formula is C24H19FN6S. The summed E-state index contributed by atoms with van der Waals surface area (Å²) in [5.41, 5.74) is 4.69. The van der Waals surface area contributed by atoms with Gasteiger partial charge in [0.15, 0.2) is 5.82 Å². The molecule has 2 N–H and O–H groups in total. The molecule has 0 bridgehead atoms. The van der Waals surface area contributed by atoms with Crippen molar-refractivity contribution in [2.75, 3.05) is 5.84 Å². The summed E-state index contributed by atoms with van der Waals surface area (Å²) in [6.07, 6.45) is 2.03. The highest BCUT2D eigenvalue weighted by Crippen LogP contribution is 2.30. The molecule has 6 nitrogen and oxygen atoms in total. The summed E-state index contributed by atoms with van der Waals surface area (Å²) < 4.78 is 16.5. The first-order chi connectivity index (χ1) is 15.7. The maximum atomic E-state index is 13.2. The highest BCUT2D eigenvalue weighted by molar-refractivity contribution is 7.98. The quantitative estimate of drug-likeness (QED) is 0.298. The highest BCUT2D eigenvalue weighted by Gasteiger charge is 2.16. The van der Waals surface area contributed by atoms with Crippen molar-refractivity contribution in [2.45, 2.75) is 10.9 Å². The molecule has 8 heteroatoms. The molecule has 0 atom stereocenters. The molecule has 5 rings (SSSR count). The average Bonchev–Trinajstić information content (AvgIpc) is 3.43. The maximum Gasteiger partial charge on any atom is 0.210 e. The molecular weight excluding hydrogens is 423 g/mol. The van der Waals surface area contributed by atoms with Gasteiger partial charge in [-0.3, -0.25) is 0 Å². The van der Waals surface area contributed by atoms with Gasteiger partial charge in [0.25, 0.3) is 0 Å². The van der Waals surface area contributed by atoms with Crippen LogP contribution in [0.1, 0.15) is 5.56 Å². The minimum atomic E-state index is -0.310. The maximum absolute atomic E-state index is 13.2. The summed E-state index contributed by atoms with van der Waals surface area (Å²) in [4.78, 5) is 0. The average molecular weight is 443 g/mol. The normalized spacial score (nSPS) is 11.0. The number of aromatic nitrogens is 5. The van der Waals surface area contributed by atoms with E-state index in [9.17, 15) is 4.39 Å². The third-order valence-electron chi connectivity index (χ3n) is 4.98. The largest absolute Gasteiger partial charge is 0.335 e. The molecule has 0 unspecified atom stereocenters. The van der Waals surface area contributed by atoms with Crippen LogP contribution >= 0.6 is 11.8 Å². The number of thioether (sulfide) groups is 1. The molecule has 3 aromatic carbocycles. The van der Waals surface area contributed by atoms with Gasteiger partial charge < -0.3 is 5.84 Å². The zero-order valence-corrected chi connectivity index (χ0v) is 17.8. The van der Waals surface area contributed by atoms with Crippen molar-refractivity contribution in [1.29, 1.82) is 0 Å². The van der Waals surface area contributed by atoms with Gasteiger partial charge in [-0.25, -0.2) is 13.7 Å². The fraction of sp³-hybridized carbons (Fsp3) is 0.0417. The Hall–Kier alpha value is -3.91. The van der Waals surface area contributed by atoms with Gasteiger partial charge in [0.2, 0.25) is 5.16 Å². The van der Waals surface area contributed by atoms with E-state index in [1.54, 1.807) is 12.1 Å². The predicted molar refractivity (Wildman–Crippen MR) is 124 cm³/mol. The van der Waals surface area contributed by atoms with Crippen molar-refractivity contribution < 1.29 is 4.39 Å². The Morgan fingerprint density at radius 1 is 0.812 bits per heavy atom. The molecule has 32 heavy (non-hydrogen) atoms. The Morgan fingerprint density at radius 3 is 2.22 bits per heavy atom. The highest BCUT2D eigenvalue weighted by atomic mass is 32.2. The lowest BCUT2D eigenvalue weighted by Crippen LogP contribution is -2.11. The topological polar surface area (TPSA) is 74.5 Å². The van der Waals surface area contributed by atoms with Crippen molar-refractivity contribution in [2.24, 2.45) is 0 Å². The predicted octanol–water partition coefficient (Wildman–Crippen LogP) is 4.94. The molecule has 5 aromatic rings. The summed E-state index contributed by atoms with van der Waals surface area (Å²) in [5.74, 6) is 7.02. The van der Waals surface area contributed by atoms with Crippen LogP contribution in [0.5, 0.6) is 0 Å². The third-order valence-corrected chi connectivity index (χ3v) is 5.97. The molecule has 0 spiro atoms. The Kier molecular flexibility index (Phi) is 5.43. The summed E-state index contributed by atoms with van der Waals surface area (Å²) >= 11 is 1.47. The van der Waals surface area contributed by atoms with Gasteiger partial charge in [-0.15, -0.1) is 10.2 Å². The van der Waals surface area contributed by atoms with Crippen LogP contribution in [-0.2, 0) is 5.75 Å². The number of hydrogen-bond acceptors (Lipinski definition) is 5. The Bertz CT molecular complexity index is 1330. The summed E-state index contributed by atoms with van der Waals surface area (Å²) in [7, 11) is 0. The Balaban J connectivity index is 1.44. The lowest BCUT2D eigenvalue weighted by molar-refractivity contribution is 0.628. The van der Waals surface area contributed by atoms with Crippen molar-refractivity contribution in [3.05, 3.63) is 103 Å². The number of nitrogens with zero attached hydrogens (tertiary/aromatic N) is 5. The molecule has 2 aromatic heterocycles. The third kappa shape index (κ3) is 4.00. The molecule has 0 saturated heterocycles. The van der Waals surface area contributed by atoms with E-state index in [1.165, 1.54) is 28.6 Å². The van der Waals surface area contributed by atoms with Crippen molar-refractivity contribution in [3.8, 4) is 28.3 Å². The van der Waals surface area contributed by atoms with Crippen LogP contribution in [0.4, 0.5) is 4.39 Å². The van der Waals surface area contributed by atoms with Crippen LogP contribution in [0.25, 0.3) is 28.3 Å². The van der Waals surface area contributed by atoms with E-state index in [0.29, 0.717) is 22.3 Å². The van der Waals surface area contributed by atoms with Crippen molar-refractivity contribution in [3.63, 3.8) is 0 Å². The standard InChI is InChI=1S/C24H19FN6S/c25-20-13-11-18(12-14-20)23-27-28-24(31(23)26)32-16-19-15-30(21-9-5-2-6-10-21)29-22(19)17-7-3-1-4-8-17/h1-15H,16,26H2. The first-order valence-electron chi connectivity index (χ1n) is 9.97. The molecule has 2 heterocycles. The zero-order valence-electron chi connectivity index (χ0n) is 17.0. The fourth-order valence-electron chi connectivity index (χ4n) is 3.38. The van der Waals surface area contributed by atoms with Gasteiger partial charge >= 0.3 is 0 Å². The van der Waals surface area contributed by atoms with Crippen molar-refractivity contribution >= 4 is 11.8 Å². The first kappa shape index (κ1) is 20.0. The summed E-state index contributed by atoms with van der Waals surface area (Å²) in [6.45, 7) is 0. The molecule has 0 fully saturated rings. The molecule has 0 aliphatic carbocycles. The minimum absolute atomic E-state index is 0.310. The fourth-order valence-corrected chi connectivity index (χ4v) is 4.20. The zero-order chi connectivity index (χ0) is 21.9. The summed E-state index contributed by atoms with van der Waals surface area (Å²) in [6, 6.07) is 26.1. The number of nitrogen functional groups attached to an aromatic ring is 1. The monoisotopic (exact) mass is 442 g/mol. The smallest absolute Gasteiger partial charge is 0.210 e. The number of rotatable bonds is 6. The second-order valence-electron chi connectivity index (χ2n) is 7.12. The van der Waals surface area contributed by atoms with E-state index in [2.05, 4.69) is 10.2 Å². The van der Waals surface area contributed by atoms with E-state index in [-0.39, 0.29) is 5.82 Å². The number of nitrogens with two attached hydrogens (primary N) is 1. The second-order valence-corrected chi connectivity index (χ2v) is 8.06. The van der Waals surface area contributed by atoms with E-state index >= 15 is 0 Å². The Morgan fingerprint density at radius 2 is 1.50 bits per heavy atom. The minimum Gasteiger partial charge on any atom is -0.335 e. The van der Waals surface area contributed by atoms with E-state index in [1.807, 2.05) is 71.5 Å². The first-order valence-corrected chi connectivity index (χ1v) is 11.0. The number of hydrogen-bond donors (Lipinski definition) is 1. The van der Waals surface area contributed by atoms with Gasteiger partial charge in [0.05, 0.1) is 11.4 Å². The van der Waals surface area contributed by atoms with Crippen LogP contribution in [0.15, 0.2) is 96.3 Å². The van der Waals surface area contributed by atoms with Gasteiger partial charge in [0.1, 0.15) is 5.82 Å².